The predicted octanol–water partition coefficient (Wildman–Crippen LogP) is 1.52. The van der Waals surface area contributed by atoms with Gasteiger partial charge in [-0.25, -0.2) is 17.2 Å². The van der Waals surface area contributed by atoms with Crippen molar-refractivity contribution < 1.29 is 13.2 Å². The molecule has 1 aliphatic carbocycles. The Morgan fingerprint density at radius 2 is 2.15 bits per heavy atom. The van der Waals surface area contributed by atoms with Crippen LogP contribution in [0.4, 0.5) is 5.69 Å². The first-order valence-corrected chi connectivity index (χ1v) is 11.5. The van der Waals surface area contributed by atoms with E-state index in [1.807, 2.05) is 12.3 Å². The van der Waals surface area contributed by atoms with Crippen molar-refractivity contribution in [1.82, 2.24) is 13.9 Å². The molecule has 1 aliphatic heterocycles. The van der Waals surface area contributed by atoms with Gasteiger partial charge in [0, 0.05) is 29.8 Å². The molecule has 0 bridgehead atoms. The lowest BCUT2D eigenvalue weighted by atomic mass is 9.93. The third kappa shape index (κ3) is 3.23. The number of nitrogens with one attached hydrogen (secondary N) is 1. The van der Waals surface area contributed by atoms with Crippen LogP contribution < -0.4 is 11.1 Å². The lowest BCUT2D eigenvalue weighted by Gasteiger charge is -2.25. The number of nitrogens with zero attached hydrogens (tertiary/aromatic N) is 3. The molecule has 3 heterocycles. The summed E-state index contributed by atoms with van der Waals surface area (Å²) in [5.74, 6) is 0.374. The van der Waals surface area contributed by atoms with Crippen molar-refractivity contribution in [3.63, 3.8) is 0 Å². The van der Waals surface area contributed by atoms with E-state index in [0.717, 1.165) is 16.4 Å². The first-order chi connectivity index (χ1) is 12.6. The number of amides is 1. The summed E-state index contributed by atoms with van der Waals surface area (Å²) in [6.07, 6.45) is 5.43. The summed E-state index contributed by atoms with van der Waals surface area (Å²) < 4.78 is 27.9. The van der Waals surface area contributed by atoms with Crippen LogP contribution in [-0.4, -0.2) is 53.6 Å². The number of hydrogen-bond acceptors (Lipinski definition) is 5. The van der Waals surface area contributed by atoms with Crippen molar-refractivity contribution in [2.45, 2.75) is 19.4 Å². The molecule has 27 heavy (non-hydrogen) atoms. The van der Waals surface area contributed by atoms with Crippen molar-refractivity contribution in [2.24, 2.45) is 23.5 Å². The van der Waals surface area contributed by atoms with Gasteiger partial charge in [0.1, 0.15) is 0 Å². The highest BCUT2D eigenvalue weighted by molar-refractivity contribution is 9.10. The number of rotatable bonds is 4. The van der Waals surface area contributed by atoms with Gasteiger partial charge in [0.25, 0.3) is 5.91 Å². The molecule has 2 aromatic heterocycles. The van der Waals surface area contributed by atoms with E-state index in [0.29, 0.717) is 36.2 Å². The maximum absolute atomic E-state index is 11.9. The second-order valence-electron chi connectivity index (χ2n) is 7.64. The first kappa shape index (κ1) is 18.7. The van der Waals surface area contributed by atoms with E-state index in [-0.39, 0.29) is 12.0 Å². The van der Waals surface area contributed by atoms with E-state index in [9.17, 15) is 13.2 Å². The summed E-state index contributed by atoms with van der Waals surface area (Å²) in [7, 11) is -3.15. The van der Waals surface area contributed by atoms with Crippen LogP contribution >= 0.6 is 15.9 Å². The van der Waals surface area contributed by atoms with Crippen LogP contribution in [0.15, 0.2) is 22.9 Å². The Bertz CT molecular complexity index is 1020. The number of anilines is 1. The molecule has 1 saturated heterocycles. The number of hydrogen-bond donors (Lipinski definition) is 2. The molecular formula is C17H22BrN5O3S. The number of carbonyl (C=O) groups excluding carboxylic acids is 1. The molecule has 0 unspecified atom stereocenters. The van der Waals surface area contributed by atoms with Crippen LogP contribution in [-0.2, 0) is 10.0 Å². The molecule has 4 atom stereocenters. The molecular weight excluding hydrogens is 434 g/mol. The number of fused-ring (bicyclic) bond motifs is 2. The van der Waals surface area contributed by atoms with E-state index in [2.05, 4.69) is 33.3 Å². The Morgan fingerprint density at radius 3 is 2.78 bits per heavy atom. The Morgan fingerprint density at radius 1 is 1.41 bits per heavy atom. The molecule has 0 spiro atoms. The topological polar surface area (TPSA) is 110 Å². The van der Waals surface area contributed by atoms with Gasteiger partial charge < -0.3 is 11.1 Å². The van der Waals surface area contributed by atoms with Crippen LogP contribution in [0.2, 0.25) is 0 Å². The monoisotopic (exact) mass is 455 g/mol. The number of sulfonamides is 1. The van der Waals surface area contributed by atoms with Gasteiger partial charge in [-0.2, -0.15) is 5.10 Å². The van der Waals surface area contributed by atoms with Gasteiger partial charge in [0.05, 0.1) is 29.2 Å². The zero-order valence-corrected chi connectivity index (χ0v) is 17.5. The Hall–Kier alpha value is -1.65. The zero-order chi connectivity index (χ0) is 19.5. The second-order valence-corrected chi connectivity index (χ2v) is 10.5. The summed E-state index contributed by atoms with van der Waals surface area (Å²) in [5, 5.41) is 7.77. The minimum atomic E-state index is -3.15. The third-order valence-electron chi connectivity index (χ3n) is 5.99. The van der Waals surface area contributed by atoms with E-state index in [1.54, 1.807) is 8.82 Å². The summed E-state index contributed by atoms with van der Waals surface area (Å²) in [5.41, 5.74) is 7.38. The summed E-state index contributed by atoms with van der Waals surface area (Å²) in [6, 6.07) is 2.04. The van der Waals surface area contributed by atoms with Crippen LogP contribution in [0.25, 0.3) is 5.52 Å². The molecule has 0 aromatic carbocycles. The molecule has 2 aliphatic rings. The smallest absolute Gasteiger partial charge is 0.252 e. The largest absolute Gasteiger partial charge is 0.380 e. The van der Waals surface area contributed by atoms with Crippen molar-refractivity contribution in [2.75, 3.05) is 24.7 Å². The number of carbonyl (C=O) groups is 1. The minimum Gasteiger partial charge on any atom is -0.380 e. The lowest BCUT2D eigenvalue weighted by molar-refractivity contribution is 0.100. The molecule has 4 rings (SSSR count). The number of primary amides is 1. The predicted molar refractivity (Wildman–Crippen MR) is 106 cm³/mol. The van der Waals surface area contributed by atoms with Crippen molar-refractivity contribution in [3.8, 4) is 0 Å². The van der Waals surface area contributed by atoms with E-state index in [1.165, 1.54) is 12.5 Å². The Labute approximate surface area is 166 Å². The fourth-order valence-corrected chi connectivity index (χ4v) is 5.87. The maximum Gasteiger partial charge on any atom is 0.252 e. The van der Waals surface area contributed by atoms with Crippen LogP contribution in [0.1, 0.15) is 23.7 Å². The first-order valence-electron chi connectivity index (χ1n) is 8.83. The number of nitrogens with two attached hydrogens (primary N) is 1. The molecule has 2 aromatic rings. The molecule has 146 valence electrons. The van der Waals surface area contributed by atoms with Crippen LogP contribution in [0.5, 0.6) is 0 Å². The highest BCUT2D eigenvalue weighted by Gasteiger charge is 2.48. The summed E-state index contributed by atoms with van der Waals surface area (Å²) >= 11 is 3.44. The average molecular weight is 456 g/mol. The minimum absolute atomic E-state index is 0.139. The van der Waals surface area contributed by atoms with Gasteiger partial charge >= 0.3 is 0 Å². The van der Waals surface area contributed by atoms with Gasteiger partial charge in [-0.05, 0) is 46.2 Å². The number of aromatic nitrogens is 2. The molecule has 0 radical (unpaired) electrons. The quantitative estimate of drug-likeness (QED) is 0.725. The molecule has 8 nitrogen and oxygen atoms in total. The van der Waals surface area contributed by atoms with Crippen molar-refractivity contribution in [1.29, 1.82) is 0 Å². The van der Waals surface area contributed by atoms with Gasteiger partial charge in [0.15, 0.2) is 0 Å². The van der Waals surface area contributed by atoms with Gasteiger partial charge in [-0.1, -0.05) is 6.92 Å². The van der Waals surface area contributed by atoms with Crippen molar-refractivity contribution >= 4 is 43.1 Å². The molecule has 10 heteroatoms. The fraction of sp³-hybridized carbons (Fsp3) is 0.529. The van der Waals surface area contributed by atoms with E-state index in [4.69, 9.17) is 5.73 Å². The van der Waals surface area contributed by atoms with Gasteiger partial charge in [-0.15, -0.1) is 0 Å². The molecule has 2 fully saturated rings. The summed E-state index contributed by atoms with van der Waals surface area (Å²) in [4.78, 5) is 11.9. The van der Waals surface area contributed by atoms with Crippen molar-refractivity contribution in [3.05, 3.63) is 28.5 Å². The highest BCUT2D eigenvalue weighted by Crippen LogP contribution is 2.44. The van der Waals surface area contributed by atoms with E-state index < -0.39 is 15.9 Å². The Balaban J connectivity index is 1.63. The molecule has 3 N–H and O–H groups in total. The van der Waals surface area contributed by atoms with E-state index >= 15 is 0 Å². The summed E-state index contributed by atoms with van der Waals surface area (Å²) in [6.45, 7) is 3.27. The third-order valence-corrected chi connectivity index (χ3v) is 7.66. The Kier molecular flexibility index (Phi) is 4.47. The highest BCUT2D eigenvalue weighted by atomic mass is 79.9. The SMILES string of the molecule is C[C@H]1[C@@H]2CN(S(C)(=O)=O)C[C@H]2C[C@H]1Nc1c(C(N)=O)cnn2cc(Br)cc12. The van der Waals surface area contributed by atoms with Crippen LogP contribution in [0.3, 0.4) is 0 Å². The fourth-order valence-electron chi connectivity index (χ4n) is 4.55. The van der Waals surface area contributed by atoms with Gasteiger partial charge in [0.2, 0.25) is 10.0 Å². The zero-order valence-electron chi connectivity index (χ0n) is 15.1. The molecule has 1 amide bonds. The standard InChI is InChI=1S/C17H22BrN5O3S/c1-9-13-8-22(27(2,25)26)6-10(13)3-14(9)21-16-12(17(19)24)5-20-23-7-11(18)4-15(16)23/h4-5,7,9-10,13-14,21H,3,6,8H2,1-2H3,(H2,19,24)/t9-,10+,13-,14+/m0/s1. The normalized spacial score (nSPS) is 28.6. The van der Waals surface area contributed by atoms with Gasteiger partial charge in [-0.3, -0.25) is 4.79 Å². The second kappa shape index (κ2) is 6.46. The maximum atomic E-state index is 11.9. The average Bonchev–Trinajstić information content (AvgIpc) is 3.22. The molecule has 1 saturated carbocycles. The lowest BCUT2D eigenvalue weighted by Crippen LogP contribution is -2.33. The number of halogens is 1. The van der Waals surface area contributed by atoms with Crippen LogP contribution in [0, 0.1) is 17.8 Å².